The molecule has 5 rings (SSSR count). The summed E-state index contributed by atoms with van der Waals surface area (Å²) in [4.78, 5) is 21.6. The average molecular weight is 575 g/mol. The molecule has 2 unspecified atom stereocenters. The molecule has 2 saturated heterocycles. The fourth-order valence-electron chi connectivity index (χ4n) is 5.43. The molecule has 2 aliphatic heterocycles. The molecule has 0 radical (unpaired) electrons. The van der Waals surface area contributed by atoms with Gasteiger partial charge in [-0.2, -0.15) is 0 Å². The standard InChI is InChI=1S/C29H36ClFN4O5/c1-4-21(36)15-35-26-13-19(28(37)38-3)5-8-25(26)32-27(35)17-34-11-9-33(10-12-34)16-22-18-39-29(2,40-22)23-7-6-20(30)14-24(23)31/h5-8,13-14,21-22,36H,4,9-12,15-18H2,1-3H3/t21-,22?,29?/m0/s1. The van der Waals surface area contributed by atoms with E-state index in [1.165, 1.54) is 13.2 Å². The molecule has 0 saturated carbocycles. The molecule has 0 spiro atoms. The lowest BCUT2D eigenvalue weighted by molar-refractivity contribution is -0.165. The van der Waals surface area contributed by atoms with E-state index in [-0.39, 0.29) is 6.10 Å². The number of carbonyl (C=O) groups excluding carboxylic acids is 1. The number of benzene rings is 2. The number of piperazine rings is 1. The van der Waals surface area contributed by atoms with Gasteiger partial charge in [0.1, 0.15) is 11.6 Å². The van der Waals surface area contributed by atoms with Crippen LogP contribution in [0.1, 0.15) is 42.0 Å². The van der Waals surface area contributed by atoms with Crippen molar-refractivity contribution < 1.29 is 28.5 Å². The van der Waals surface area contributed by atoms with E-state index in [1.54, 1.807) is 31.2 Å². The third kappa shape index (κ3) is 6.17. The highest BCUT2D eigenvalue weighted by Gasteiger charge is 2.41. The molecule has 2 aliphatic rings. The van der Waals surface area contributed by atoms with Crippen LogP contribution in [0.2, 0.25) is 5.02 Å². The number of carbonyl (C=O) groups is 1. The van der Waals surface area contributed by atoms with E-state index >= 15 is 0 Å². The lowest BCUT2D eigenvalue weighted by Crippen LogP contribution is -2.48. The minimum absolute atomic E-state index is 0.171. The summed E-state index contributed by atoms with van der Waals surface area (Å²) in [5, 5.41) is 10.8. The summed E-state index contributed by atoms with van der Waals surface area (Å²) in [6, 6.07) is 9.85. The van der Waals surface area contributed by atoms with Gasteiger partial charge in [-0.15, -0.1) is 0 Å². The van der Waals surface area contributed by atoms with Crippen LogP contribution in [0.25, 0.3) is 11.0 Å². The number of aliphatic hydroxyl groups is 1. The minimum Gasteiger partial charge on any atom is -0.465 e. The summed E-state index contributed by atoms with van der Waals surface area (Å²) in [5.41, 5.74) is 2.39. The van der Waals surface area contributed by atoms with Gasteiger partial charge in [-0.05, 0) is 49.7 Å². The zero-order valence-electron chi connectivity index (χ0n) is 23.1. The Labute approximate surface area is 238 Å². The number of ether oxygens (including phenoxy) is 3. The Kier molecular flexibility index (Phi) is 8.75. The van der Waals surface area contributed by atoms with E-state index in [2.05, 4.69) is 9.80 Å². The number of fused-ring (bicyclic) bond motifs is 1. The van der Waals surface area contributed by atoms with Crippen LogP contribution in [-0.2, 0) is 33.1 Å². The Bertz CT molecular complexity index is 1360. The van der Waals surface area contributed by atoms with E-state index in [9.17, 15) is 14.3 Å². The van der Waals surface area contributed by atoms with E-state index in [1.807, 2.05) is 17.6 Å². The molecule has 2 fully saturated rings. The van der Waals surface area contributed by atoms with Crippen molar-refractivity contribution in [1.82, 2.24) is 19.4 Å². The van der Waals surface area contributed by atoms with Gasteiger partial charge in [0.2, 0.25) is 0 Å². The first-order valence-corrected chi connectivity index (χ1v) is 14.0. The normalized spacial score (nSPS) is 23.1. The predicted molar refractivity (Wildman–Crippen MR) is 149 cm³/mol. The fraction of sp³-hybridized carbons (Fsp3) is 0.517. The summed E-state index contributed by atoms with van der Waals surface area (Å²) in [6.45, 7) is 9.15. The van der Waals surface area contributed by atoms with Crippen molar-refractivity contribution in [3.8, 4) is 0 Å². The molecule has 0 aliphatic carbocycles. The van der Waals surface area contributed by atoms with Crippen LogP contribution in [0.4, 0.5) is 4.39 Å². The maximum absolute atomic E-state index is 14.5. The second kappa shape index (κ2) is 12.1. The van der Waals surface area contributed by atoms with Gasteiger partial charge in [0, 0.05) is 43.3 Å². The SMILES string of the molecule is CC[C@H](O)Cn1c(CN2CCN(CC3COC(C)(c4ccc(Cl)cc4F)O3)CC2)nc2ccc(C(=O)OC)cc21. The quantitative estimate of drug-likeness (QED) is 0.386. The smallest absolute Gasteiger partial charge is 0.337 e. The van der Waals surface area contributed by atoms with Gasteiger partial charge in [-0.25, -0.2) is 14.2 Å². The van der Waals surface area contributed by atoms with E-state index < -0.39 is 23.7 Å². The predicted octanol–water partition coefficient (Wildman–Crippen LogP) is 3.79. The molecular weight excluding hydrogens is 539 g/mol. The molecule has 3 heterocycles. The highest BCUT2D eigenvalue weighted by Crippen LogP contribution is 2.36. The van der Waals surface area contributed by atoms with E-state index in [0.29, 0.717) is 48.8 Å². The molecule has 216 valence electrons. The molecule has 1 N–H and O–H groups in total. The van der Waals surface area contributed by atoms with Crippen molar-refractivity contribution in [2.75, 3.05) is 46.4 Å². The van der Waals surface area contributed by atoms with Crippen molar-refractivity contribution in [1.29, 1.82) is 0 Å². The molecular formula is C29H36ClFN4O5. The molecule has 9 nitrogen and oxygen atoms in total. The fourth-order valence-corrected chi connectivity index (χ4v) is 5.59. The lowest BCUT2D eigenvalue weighted by atomic mass is 10.1. The first kappa shape index (κ1) is 28.9. The molecule has 3 atom stereocenters. The van der Waals surface area contributed by atoms with Gasteiger partial charge >= 0.3 is 5.97 Å². The molecule has 40 heavy (non-hydrogen) atoms. The molecule has 2 aromatic carbocycles. The maximum atomic E-state index is 14.5. The monoisotopic (exact) mass is 574 g/mol. The third-order valence-electron chi connectivity index (χ3n) is 7.76. The number of halogens is 2. The number of aliphatic hydroxyl groups excluding tert-OH is 1. The highest BCUT2D eigenvalue weighted by atomic mass is 35.5. The topological polar surface area (TPSA) is 89.3 Å². The zero-order chi connectivity index (χ0) is 28.4. The Hall–Kier alpha value is -2.60. The third-order valence-corrected chi connectivity index (χ3v) is 8.00. The number of rotatable bonds is 9. The Morgan fingerprint density at radius 3 is 2.67 bits per heavy atom. The second-order valence-corrected chi connectivity index (χ2v) is 11.0. The number of hydrogen-bond donors (Lipinski definition) is 1. The molecule has 0 amide bonds. The van der Waals surface area contributed by atoms with E-state index in [0.717, 1.165) is 43.0 Å². The van der Waals surface area contributed by atoms with Crippen LogP contribution in [0.15, 0.2) is 36.4 Å². The summed E-state index contributed by atoms with van der Waals surface area (Å²) < 4.78 is 33.5. The number of methoxy groups -OCH3 is 1. The van der Waals surface area contributed by atoms with Crippen molar-refractivity contribution in [2.45, 2.75) is 51.4 Å². The maximum Gasteiger partial charge on any atom is 0.337 e. The van der Waals surface area contributed by atoms with Gasteiger partial charge in [0.15, 0.2) is 5.79 Å². The highest BCUT2D eigenvalue weighted by molar-refractivity contribution is 6.30. The van der Waals surface area contributed by atoms with Crippen molar-refractivity contribution in [3.05, 3.63) is 64.2 Å². The van der Waals surface area contributed by atoms with Crippen LogP contribution >= 0.6 is 11.6 Å². The van der Waals surface area contributed by atoms with E-state index in [4.69, 9.17) is 30.8 Å². The Morgan fingerprint density at radius 2 is 1.98 bits per heavy atom. The number of imidazole rings is 1. The van der Waals surface area contributed by atoms with Crippen LogP contribution in [0, 0.1) is 5.82 Å². The Balaban J connectivity index is 1.21. The summed E-state index contributed by atoms with van der Waals surface area (Å²) >= 11 is 5.90. The number of nitrogens with zero attached hydrogens (tertiary/aromatic N) is 4. The van der Waals surface area contributed by atoms with Crippen molar-refractivity contribution in [2.24, 2.45) is 0 Å². The molecule has 0 bridgehead atoms. The molecule has 1 aromatic heterocycles. The van der Waals surface area contributed by atoms with Crippen LogP contribution < -0.4 is 0 Å². The van der Waals surface area contributed by atoms with Gasteiger partial charge in [0.05, 0.1) is 55.6 Å². The van der Waals surface area contributed by atoms with Crippen molar-refractivity contribution >= 4 is 28.6 Å². The first-order valence-electron chi connectivity index (χ1n) is 13.7. The molecule has 11 heteroatoms. The average Bonchev–Trinajstić information content (AvgIpc) is 3.48. The number of esters is 1. The zero-order valence-corrected chi connectivity index (χ0v) is 23.9. The summed E-state index contributed by atoms with van der Waals surface area (Å²) in [7, 11) is 1.36. The lowest BCUT2D eigenvalue weighted by Gasteiger charge is -2.35. The van der Waals surface area contributed by atoms with Crippen LogP contribution in [0.5, 0.6) is 0 Å². The largest absolute Gasteiger partial charge is 0.465 e. The van der Waals surface area contributed by atoms with Crippen LogP contribution in [0.3, 0.4) is 0 Å². The van der Waals surface area contributed by atoms with Gasteiger partial charge < -0.3 is 23.9 Å². The van der Waals surface area contributed by atoms with Gasteiger partial charge in [-0.1, -0.05) is 18.5 Å². The van der Waals surface area contributed by atoms with Gasteiger partial charge in [-0.3, -0.25) is 9.80 Å². The van der Waals surface area contributed by atoms with Crippen LogP contribution in [-0.4, -0.2) is 89.1 Å². The number of aromatic nitrogens is 2. The minimum atomic E-state index is -1.14. The summed E-state index contributed by atoms with van der Waals surface area (Å²) in [6.07, 6.45) is -0.0729. The Morgan fingerprint density at radius 1 is 1.23 bits per heavy atom. The molecule has 3 aromatic rings. The summed E-state index contributed by atoms with van der Waals surface area (Å²) in [5.74, 6) is -1.13. The van der Waals surface area contributed by atoms with Gasteiger partial charge in [0.25, 0.3) is 0 Å². The second-order valence-electron chi connectivity index (χ2n) is 10.6. The van der Waals surface area contributed by atoms with Crippen molar-refractivity contribution in [3.63, 3.8) is 0 Å². The number of hydrogen-bond acceptors (Lipinski definition) is 8. The first-order chi connectivity index (χ1) is 19.2.